The zero-order valence-electron chi connectivity index (χ0n) is 20.7. The third-order valence-electron chi connectivity index (χ3n) is 6.41. The monoisotopic (exact) mass is 530 g/mol. The number of aromatic nitrogens is 3. The van der Waals surface area contributed by atoms with Gasteiger partial charge in [-0.1, -0.05) is 31.5 Å². The van der Waals surface area contributed by atoms with Gasteiger partial charge in [-0.3, -0.25) is 9.78 Å². The molecule has 0 aliphatic carbocycles. The number of rotatable bonds is 6. The van der Waals surface area contributed by atoms with Gasteiger partial charge < -0.3 is 20.1 Å². The number of benzene rings is 1. The molecule has 1 aliphatic rings. The number of carbonyl (C=O) groups excluding carboxylic acids is 1. The molecule has 2 atom stereocenters. The van der Waals surface area contributed by atoms with Crippen molar-refractivity contribution < 1.29 is 4.79 Å². The number of hydrogen-bond donors (Lipinski definition) is 2. The van der Waals surface area contributed by atoms with Crippen LogP contribution in [0.1, 0.15) is 42.9 Å². The highest BCUT2D eigenvalue weighted by Crippen LogP contribution is 2.42. The van der Waals surface area contributed by atoms with Crippen LogP contribution >= 0.6 is 23.8 Å². The van der Waals surface area contributed by atoms with Crippen LogP contribution < -0.4 is 15.5 Å². The van der Waals surface area contributed by atoms with E-state index in [1.165, 1.54) is 0 Å². The molecular weight excluding hydrogens is 504 g/mol. The molecule has 1 aliphatic heterocycles. The molecule has 4 aromatic rings. The lowest BCUT2D eigenvalue weighted by Gasteiger charge is -2.29. The number of amides is 1. The zero-order chi connectivity index (χ0) is 26.1. The number of hydrogen-bond acceptors (Lipinski definition) is 4. The number of thiocarbonyl (C=S) groups is 1. The summed E-state index contributed by atoms with van der Waals surface area (Å²) in [6, 6.07) is 19.2. The van der Waals surface area contributed by atoms with Crippen molar-refractivity contribution in [2.45, 2.75) is 32.9 Å². The van der Waals surface area contributed by atoms with Gasteiger partial charge in [0.1, 0.15) is 11.9 Å². The van der Waals surface area contributed by atoms with Crippen LogP contribution in [0.5, 0.6) is 0 Å². The van der Waals surface area contributed by atoms with E-state index in [0.717, 1.165) is 34.1 Å². The first kappa shape index (κ1) is 24.9. The van der Waals surface area contributed by atoms with Crippen molar-refractivity contribution in [3.8, 4) is 5.82 Å². The van der Waals surface area contributed by atoms with E-state index in [9.17, 15) is 4.79 Å². The molecule has 3 aromatic heterocycles. The summed E-state index contributed by atoms with van der Waals surface area (Å²) in [4.78, 5) is 23.6. The molecule has 1 aromatic carbocycles. The average Bonchev–Trinajstić information content (AvgIpc) is 3.50. The molecule has 0 unspecified atom stereocenters. The van der Waals surface area contributed by atoms with Crippen LogP contribution in [0.4, 0.5) is 11.4 Å². The minimum atomic E-state index is -0.217. The minimum absolute atomic E-state index is 0.0180. The molecule has 0 spiro atoms. The van der Waals surface area contributed by atoms with Gasteiger partial charge in [0.2, 0.25) is 5.91 Å². The van der Waals surface area contributed by atoms with Crippen LogP contribution in [0.3, 0.4) is 0 Å². The maximum Gasteiger partial charge on any atom is 0.226 e. The Balaban J connectivity index is 1.59. The normalized spacial score (nSPS) is 17.2. The molecule has 7 nitrogen and oxygen atoms in total. The van der Waals surface area contributed by atoms with Crippen molar-refractivity contribution in [3.05, 3.63) is 101 Å². The fraction of sp³-hybridized carbons (Fsp3) is 0.214. The highest BCUT2D eigenvalue weighted by molar-refractivity contribution is 7.80. The Morgan fingerprint density at radius 2 is 1.95 bits per heavy atom. The number of nitrogens with zero attached hydrogens (tertiary/aromatic N) is 4. The molecule has 5 rings (SSSR count). The Kier molecular flexibility index (Phi) is 6.95. The van der Waals surface area contributed by atoms with Gasteiger partial charge in [-0.2, -0.15) is 0 Å². The zero-order valence-corrected chi connectivity index (χ0v) is 22.3. The van der Waals surface area contributed by atoms with E-state index < -0.39 is 0 Å². The summed E-state index contributed by atoms with van der Waals surface area (Å²) in [5, 5.41) is 7.68. The van der Waals surface area contributed by atoms with Crippen LogP contribution in [0, 0.1) is 12.8 Å². The van der Waals surface area contributed by atoms with Crippen molar-refractivity contribution in [1.82, 2.24) is 19.9 Å². The van der Waals surface area contributed by atoms with Gasteiger partial charge >= 0.3 is 0 Å². The van der Waals surface area contributed by atoms with Gasteiger partial charge in [0.15, 0.2) is 5.11 Å². The average molecular weight is 531 g/mol. The number of anilines is 2. The smallest absolute Gasteiger partial charge is 0.226 e. The van der Waals surface area contributed by atoms with Crippen LogP contribution in [0.2, 0.25) is 5.02 Å². The van der Waals surface area contributed by atoms with Gasteiger partial charge in [0.25, 0.3) is 0 Å². The molecule has 188 valence electrons. The Hall–Kier alpha value is -3.75. The summed E-state index contributed by atoms with van der Waals surface area (Å²) >= 11 is 12.0. The van der Waals surface area contributed by atoms with Crippen molar-refractivity contribution in [1.29, 1.82) is 0 Å². The maximum atomic E-state index is 12.3. The van der Waals surface area contributed by atoms with Crippen LogP contribution in [-0.2, 0) is 4.79 Å². The van der Waals surface area contributed by atoms with E-state index in [2.05, 4.69) is 31.6 Å². The van der Waals surface area contributed by atoms with E-state index in [-0.39, 0.29) is 23.9 Å². The van der Waals surface area contributed by atoms with Crippen LogP contribution in [-0.4, -0.2) is 25.6 Å². The van der Waals surface area contributed by atoms with Crippen molar-refractivity contribution in [3.63, 3.8) is 0 Å². The fourth-order valence-corrected chi connectivity index (χ4v) is 4.96. The first-order valence-corrected chi connectivity index (χ1v) is 12.8. The molecule has 0 bridgehead atoms. The van der Waals surface area contributed by atoms with Gasteiger partial charge in [-0.25, -0.2) is 4.98 Å². The molecular formula is C28H27ClN6OS. The first-order valence-electron chi connectivity index (χ1n) is 12.0. The second-order valence-electron chi connectivity index (χ2n) is 9.28. The van der Waals surface area contributed by atoms with Gasteiger partial charge in [0.05, 0.1) is 16.8 Å². The van der Waals surface area contributed by atoms with Crippen LogP contribution in [0.25, 0.3) is 5.82 Å². The predicted molar refractivity (Wildman–Crippen MR) is 151 cm³/mol. The minimum Gasteiger partial charge on any atom is -0.351 e. The Morgan fingerprint density at radius 1 is 1.11 bits per heavy atom. The summed E-state index contributed by atoms with van der Waals surface area (Å²) in [6.45, 7) is 5.73. The predicted octanol–water partition coefficient (Wildman–Crippen LogP) is 6.00. The van der Waals surface area contributed by atoms with E-state index in [0.29, 0.717) is 10.1 Å². The Morgan fingerprint density at radius 3 is 2.62 bits per heavy atom. The number of aryl methyl sites for hydroxylation is 1. The maximum absolute atomic E-state index is 12.3. The highest BCUT2D eigenvalue weighted by Gasteiger charge is 2.42. The van der Waals surface area contributed by atoms with Crippen molar-refractivity contribution >= 4 is 46.2 Å². The fourth-order valence-electron chi connectivity index (χ4n) is 4.50. The molecule has 4 heterocycles. The lowest BCUT2D eigenvalue weighted by molar-refractivity contribution is -0.118. The largest absolute Gasteiger partial charge is 0.351 e. The summed E-state index contributed by atoms with van der Waals surface area (Å²) < 4.78 is 2.05. The topological polar surface area (TPSA) is 75.1 Å². The molecule has 1 saturated heterocycles. The molecule has 0 saturated carbocycles. The lowest BCUT2D eigenvalue weighted by Crippen LogP contribution is -2.30. The van der Waals surface area contributed by atoms with Gasteiger partial charge in [0, 0.05) is 41.6 Å². The highest BCUT2D eigenvalue weighted by atomic mass is 35.5. The quantitative estimate of drug-likeness (QED) is 0.298. The Bertz CT molecular complexity index is 1440. The van der Waals surface area contributed by atoms with Crippen molar-refractivity contribution in [2.24, 2.45) is 5.92 Å². The molecule has 1 fully saturated rings. The molecule has 1 amide bonds. The Labute approximate surface area is 226 Å². The van der Waals surface area contributed by atoms with Crippen molar-refractivity contribution in [2.75, 3.05) is 10.2 Å². The number of pyridine rings is 2. The first-order chi connectivity index (χ1) is 17.8. The molecule has 9 heteroatoms. The number of halogens is 1. The molecule has 0 radical (unpaired) electrons. The number of nitrogens with one attached hydrogen (secondary N) is 2. The second kappa shape index (κ2) is 10.3. The van der Waals surface area contributed by atoms with E-state index in [1.807, 2.05) is 86.1 Å². The summed E-state index contributed by atoms with van der Waals surface area (Å²) in [5.41, 5.74) is 4.52. The third kappa shape index (κ3) is 4.95. The summed E-state index contributed by atoms with van der Waals surface area (Å²) in [7, 11) is 0. The van der Waals surface area contributed by atoms with E-state index in [4.69, 9.17) is 23.8 Å². The summed E-state index contributed by atoms with van der Waals surface area (Å²) in [5.74, 6) is 0.632. The lowest BCUT2D eigenvalue weighted by atomic mass is 10.0. The van der Waals surface area contributed by atoms with E-state index >= 15 is 0 Å². The van der Waals surface area contributed by atoms with Gasteiger partial charge in [-0.15, -0.1) is 0 Å². The van der Waals surface area contributed by atoms with Gasteiger partial charge in [-0.05, 0) is 79.3 Å². The summed E-state index contributed by atoms with van der Waals surface area (Å²) in [6.07, 6.45) is 5.41. The third-order valence-corrected chi connectivity index (χ3v) is 6.95. The van der Waals surface area contributed by atoms with E-state index in [1.54, 1.807) is 12.4 Å². The molecule has 2 N–H and O–H groups in total. The van der Waals surface area contributed by atoms with Crippen LogP contribution in [0.15, 0.2) is 79.3 Å². The second-order valence-corrected chi connectivity index (χ2v) is 10.1. The SMILES string of the molecule is Cc1cc(N2C(=S)N[C@H](c3ccccn3)[C@H]2c2cccn2-c2ccc(Cl)cn2)ccc1NC(=O)C(C)C. The molecule has 37 heavy (non-hydrogen) atoms. The number of carbonyl (C=O) groups is 1. The standard InChI is InChI=1S/C28H27ClN6OS/c1-17(2)27(36)32-21-11-10-20(15-18(21)3)35-26(25(33-28(35)37)22-7-4-5-13-30-22)23-8-6-14-34(23)24-12-9-19(29)16-31-24/h4-17,25-26H,1-3H3,(H,32,36)(H,33,37)/t25-,26-/m1/s1.